The summed E-state index contributed by atoms with van der Waals surface area (Å²) in [7, 11) is 3.04. The van der Waals surface area contributed by atoms with Crippen molar-refractivity contribution in [3.8, 4) is 17.2 Å². The van der Waals surface area contributed by atoms with E-state index in [-0.39, 0.29) is 11.3 Å². The molecule has 0 radical (unpaired) electrons. The predicted molar refractivity (Wildman–Crippen MR) is 143 cm³/mol. The van der Waals surface area contributed by atoms with Gasteiger partial charge < -0.3 is 19.3 Å². The zero-order valence-corrected chi connectivity index (χ0v) is 21.9. The summed E-state index contributed by atoms with van der Waals surface area (Å²) in [6, 6.07) is 15.4. The fourth-order valence-electron chi connectivity index (χ4n) is 4.66. The number of aryl methyl sites for hydroxylation is 3. The Hall–Kier alpha value is -4.26. The number of aliphatic hydroxyl groups excluding tert-OH is 1. The first-order valence-electron chi connectivity index (χ1n) is 12.1. The lowest BCUT2D eigenvalue weighted by Gasteiger charge is -2.28. The van der Waals surface area contributed by atoms with Crippen LogP contribution in [0.3, 0.4) is 0 Å². The van der Waals surface area contributed by atoms with E-state index in [1.807, 2.05) is 52.0 Å². The smallest absolute Gasteiger partial charge is 0.300 e. The summed E-state index contributed by atoms with van der Waals surface area (Å²) in [5.41, 5.74) is 4.13. The van der Waals surface area contributed by atoms with Crippen LogP contribution < -0.4 is 19.1 Å². The van der Waals surface area contributed by atoms with Crippen molar-refractivity contribution in [1.29, 1.82) is 0 Å². The van der Waals surface area contributed by atoms with Crippen molar-refractivity contribution in [3.05, 3.63) is 88.0 Å². The summed E-state index contributed by atoms with van der Waals surface area (Å²) < 4.78 is 16.7. The van der Waals surface area contributed by atoms with Crippen molar-refractivity contribution in [2.45, 2.75) is 33.7 Å². The van der Waals surface area contributed by atoms with Gasteiger partial charge in [-0.2, -0.15) is 0 Å². The highest BCUT2D eigenvalue weighted by molar-refractivity contribution is 6.51. The van der Waals surface area contributed by atoms with E-state index in [4.69, 9.17) is 14.2 Å². The number of ketones is 1. The van der Waals surface area contributed by atoms with Crippen LogP contribution >= 0.6 is 0 Å². The Morgan fingerprint density at radius 1 is 0.865 bits per heavy atom. The molecule has 192 valence electrons. The van der Waals surface area contributed by atoms with E-state index < -0.39 is 17.7 Å². The number of nitrogens with zero attached hydrogens (tertiary/aromatic N) is 1. The summed E-state index contributed by atoms with van der Waals surface area (Å²) in [6.45, 7) is 7.94. The summed E-state index contributed by atoms with van der Waals surface area (Å²) in [6.07, 6.45) is 0. The molecule has 7 heteroatoms. The number of carbonyl (C=O) groups is 2. The van der Waals surface area contributed by atoms with Gasteiger partial charge in [0.05, 0.1) is 38.0 Å². The average molecular weight is 502 g/mol. The highest BCUT2D eigenvalue weighted by Gasteiger charge is 2.47. The molecule has 3 aromatic carbocycles. The lowest BCUT2D eigenvalue weighted by Crippen LogP contribution is -2.30. The summed E-state index contributed by atoms with van der Waals surface area (Å²) in [5, 5.41) is 11.6. The Kier molecular flexibility index (Phi) is 7.25. The molecule has 1 atom stereocenters. The van der Waals surface area contributed by atoms with Gasteiger partial charge in [-0.15, -0.1) is 0 Å². The van der Waals surface area contributed by atoms with E-state index in [2.05, 4.69) is 0 Å². The second kappa shape index (κ2) is 10.4. The Morgan fingerprint density at radius 2 is 1.51 bits per heavy atom. The van der Waals surface area contributed by atoms with Gasteiger partial charge in [-0.3, -0.25) is 14.5 Å². The molecule has 0 aromatic heterocycles. The molecule has 1 fully saturated rings. The van der Waals surface area contributed by atoms with Crippen LogP contribution in [0.15, 0.2) is 60.2 Å². The van der Waals surface area contributed by atoms with Gasteiger partial charge >= 0.3 is 0 Å². The van der Waals surface area contributed by atoms with Crippen LogP contribution in [0, 0.1) is 20.8 Å². The van der Waals surface area contributed by atoms with Crippen LogP contribution in [0.4, 0.5) is 5.69 Å². The first-order chi connectivity index (χ1) is 17.7. The maximum atomic E-state index is 13.6. The van der Waals surface area contributed by atoms with Crippen LogP contribution in [0.1, 0.15) is 40.8 Å². The van der Waals surface area contributed by atoms with Crippen LogP contribution in [-0.2, 0) is 9.59 Å². The lowest BCUT2D eigenvalue weighted by molar-refractivity contribution is -0.132. The first-order valence-corrected chi connectivity index (χ1v) is 12.1. The number of benzene rings is 3. The minimum absolute atomic E-state index is 0.0255. The molecule has 0 bridgehead atoms. The summed E-state index contributed by atoms with van der Waals surface area (Å²) >= 11 is 0. The minimum atomic E-state index is -0.907. The maximum absolute atomic E-state index is 13.6. The third kappa shape index (κ3) is 4.65. The number of amides is 1. The lowest BCUT2D eigenvalue weighted by atomic mass is 9.93. The first kappa shape index (κ1) is 25.8. The van der Waals surface area contributed by atoms with Gasteiger partial charge in [-0.05, 0) is 74.7 Å². The number of hydrogen-bond donors (Lipinski definition) is 1. The van der Waals surface area contributed by atoms with Gasteiger partial charge in [-0.25, -0.2) is 0 Å². The van der Waals surface area contributed by atoms with Crippen LogP contribution in [0.25, 0.3) is 5.76 Å². The van der Waals surface area contributed by atoms with E-state index >= 15 is 0 Å². The Morgan fingerprint density at radius 3 is 2.19 bits per heavy atom. The molecule has 1 aliphatic heterocycles. The largest absolute Gasteiger partial charge is 0.507 e. The van der Waals surface area contributed by atoms with E-state index in [9.17, 15) is 14.7 Å². The molecule has 1 saturated heterocycles. The molecule has 1 unspecified atom stereocenters. The quantitative estimate of drug-likeness (QED) is 0.256. The molecular formula is C30H31NO6. The molecule has 4 rings (SSSR count). The SMILES string of the molecule is CCOc1cc(C2/C(=C(\O)c3cc(C)ccc3OC)C(=O)C(=O)N2c2cc(C)ccc2C)ccc1OC. The number of Topliss-reactive ketones (excluding diaryl/α,β-unsaturated/α-hetero) is 1. The number of rotatable bonds is 7. The topological polar surface area (TPSA) is 85.3 Å². The second-order valence-corrected chi connectivity index (χ2v) is 9.01. The molecule has 0 saturated carbocycles. The monoisotopic (exact) mass is 501 g/mol. The molecule has 1 N–H and O–H groups in total. The normalized spacial score (nSPS) is 16.7. The van der Waals surface area contributed by atoms with Crippen molar-refractivity contribution >= 4 is 23.1 Å². The third-order valence-electron chi connectivity index (χ3n) is 6.48. The zero-order chi connectivity index (χ0) is 26.9. The Labute approximate surface area is 216 Å². The maximum Gasteiger partial charge on any atom is 0.300 e. The fraction of sp³-hybridized carbons (Fsp3) is 0.267. The summed E-state index contributed by atoms with van der Waals surface area (Å²) in [4.78, 5) is 28.6. The third-order valence-corrected chi connectivity index (χ3v) is 6.48. The number of methoxy groups -OCH3 is 2. The zero-order valence-electron chi connectivity index (χ0n) is 21.9. The van der Waals surface area contributed by atoms with Crippen molar-refractivity contribution in [3.63, 3.8) is 0 Å². The molecule has 1 aliphatic rings. The number of aliphatic hydroxyl groups is 1. The fourth-order valence-corrected chi connectivity index (χ4v) is 4.66. The Bertz CT molecular complexity index is 1410. The summed E-state index contributed by atoms with van der Waals surface area (Å²) in [5.74, 6) is -0.409. The van der Waals surface area contributed by atoms with Crippen LogP contribution in [0.2, 0.25) is 0 Å². The van der Waals surface area contributed by atoms with Crippen molar-refractivity contribution < 1.29 is 28.9 Å². The number of carbonyl (C=O) groups excluding carboxylic acids is 2. The van der Waals surface area contributed by atoms with Gasteiger partial charge in [0, 0.05) is 5.69 Å². The predicted octanol–water partition coefficient (Wildman–Crippen LogP) is 5.65. The van der Waals surface area contributed by atoms with Crippen LogP contribution in [-0.4, -0.2) is 37.6 Å². The minimum Gasteiger partial charge on any atom is -0.507 e. The molecule has 3 aromatic rings. The number of hydrogen-bond acceptors (Lipinski definition) is 6. The van der Waals surface area contributed by atoms with Crippen LogP contribution in [0.5, 0.6) is 17.2 Å². The molecule has 1 amide bonds. The van der Waals surface area contributed by atoms with Crippen molar-refractivity contribution in [2.75, 3.05) is 25.7 Å². The van der Waals surface area contributed by atoms with Crippen molar-refractivity contribution in [1.82, 2.24) is 0 Å². The highest BCUT2D eigenvalue weighted by Crippen LogP contribution is 2.46. The van der Waals surface area contributed by atoms with Gasteiger partial charge in [0.1, 0.15) is 11.5 Å². The second-order valence-electron chi connectivity index (χ2n) is 9.01. The molecule has 0 spiro atoms. The number of anilines is 1. The number of ether oxygens (including phenoxy) is 3. The molecule has 1 heterocycles. The van der Waals surface area contributed by atoms with Gasteiger partial charge in [0.15, 0.2) is 11.5 Å². The molecular weight excluding hydrogens is 470 g/mol. The van der Waals surface area contributed by atoms with Gasteiger partial charge in [0.25, 0.3) is 11.7 Å². The van der Waals surface area contributed by atoms with E-state index in [1.165, 1.54) is 12.0 Å². The Balaban J connectivity index is 2.04. The average Bonchev–Trinajstić information content (AvgIpc) is 3.15. The van der Waals surface area contributed by atoms with E-state index in [0.717, 1.165) is 16.7 Å². The molecule has 37 heavy (non-hydrogen) atoms. The molecule has 0 aliphatic carbocycles. The van der Waals surface area contributed by atoms with Crippen molar-refractivity contribution in [2.24, 2.45) is 0 Å². The highest BCUT2D eigenvalue weighted by atomic mass is 16.5. The molecule has 7 nitrogen and oxygen atoms in total. The van der Waals surface area contributed by atoms with E-state index in [1.54, 1.807) is 37.4 Å². The standard InChI is InChI=1S/C30H31NO6/c1-7-37-25-16-20(11-13-24(25)36-6)27-26(28(32)21-14-17(2)9-12-23(21)35-5)29(33)30(34)31(27)22-15-18(3)8-10-19(22)4/h8-16,27,32H,7H2,1-6H3/b28-26+. The van der Waals surface area contributed by atoms with Gasteiger partial charge in [0.2, 0.25) is 0 Å². The van der Waals surface area contributed by atoms with Gasteiger partial charge in [-0.1, -0.05) is 29.8 Å². The van der Waals surface area contributed by atoms with E-state index in [0.29, 0.717) is 40.7 Å².